The molecule has 1 saturated heterocycles. The number of alkyl halides is 3. The molecule has 1 fully saturated rings. The third-order valence-electron chi connectivity index (χ3n) is 6.29. The number of aryl methyl sites for hydroxylation is 1. The molecule has 0 saturated carbocycles. The summed E-state index contributed by atoms with van der Waals surface area (Å²) in [5.74, 6) is -0.883. The predicted molar refractivity (Wildman–Crippen MR) is 147 cm³/mol. The zero-order valence-electron chi connectivity index (χ0n) is 23.8. The van der Waals surface area contributed by atoms with Gasteiger partial charge in [0.05, 0.1) is 28.8 Å². The predicted octanol–water partition coefficient (Wildman–Crippen LogP) is 4.67. The number of amides is 1. The van der Waals surface area contributed by atoms with Gasteiger partial charge in [0.2, 0.25) is 0 Å². The Morgan fingerprint density at radius 1 is 1.07 bits per heavy atom. The summed E-state index contributed by atoms with van der Waals surface area (Å²) in [5.41, 5.74) is 0.624. The summed E-state index contributed by atoms with van der Waals surface area (Å²) in [4.78, 5) is 27.9. The van der Waals surface area contributed by atoms with Crippen molar-refractivity contribution in [3.63, 3.8) is 0 Å². The first-order valence-electron chi connectivity index (χ1n) is 13.2. The van der Waals surface area contributed by atoms with Gasteiger partial charge >= 0.3 is 18.2 Å². The number of ether oxygens (including phenoxy) is 2. The van der Waals surface area contributed by atoms with E-state index in [9.17, 15) is 31.2 Å². The molecular formula is C27H29F3N6O7S. The van der Waals surface area contributed by atoms with Crippen LogP contribution in [0.2, 0.25) is 0 Å². The maximum atomic E-state index is 13.5. The molecule has 2 aromatic carbocycles. The molecule has 1 amide bonds. The quantitative estimate of drug-likeness (QED) is 0.104. The highest BCUT2D eigenvalue weighted by atomic mass is 32.2. The number of carbonyl (C=O) groups excluding carboxylic acids is 2. The van der Waals surface area contributed by atoms with E-state index in [1.807, 2.05) is 6.92 Å². The highest BCUT2D eigenvalue weighted by Gasteiger charge is 2.35. The average Bonchev–Trinajstić information content (AvgIpc) is 3.40. The normalized spacial score (nSPS) is 14.0. The minimum atomic E-state index is -4.69. The topological polar surface area (TPSA) is 154 Å². The van der Waals surface area contributed by atoms with Crippen LogP contribution in [0.1, 0.15) is 25.1 Å². The number of esters is 1. The zero-order chi connectivity index (χ0) is 32.1. The number of aromatic nitrogens is 2. The van der Waals surface area contributed by atoms with E-state index >= 15 is 0 Å². The molecule has 44 heavy (non-hydrogen) atoms. The maximum absolute atomic E-state index is 13.5. The molecule has 1 aromatic heterocycles. The van der Waals surface area contributed by atoms with Crippen molar-refractivity contribution in [2.75, 3.05) is 26.5 Å². The second-order valence-electron chi connectivity index (χ2n) is 10.2. The van der Waals surface area contributed by atoms with Gasteiger partial charge in [-0.3, -0.25) is 9.80 Å². The molecule has 0 aliphatic carbocycles. The molecule has 4 rings (SSSR count). The summed E-state index contributed by atoms with van der Waals surface area (Å²) >= 11 is 0. The summed E-state index contributed by atoms with van der Waals surface area (Å²) < 4.78 is 78.4. The highest BCUT2D eigenvalue weighted by molar-refractivity contribution is 7.90. The summed E-state index contributed by atoms with van der Waals surface area (Å²) in [6, 6.07) is 12.6. The van der Waals surface area contributed by atoms with Gasteiger partial charge in [0.1, 0.15) is 0 Å². The molecule has 1 N–H and O–H groups in total. The fourth-order valence-electron chi connectivity index (χ4n) is 3.88. The van der Waals surface area contributed by atoms with Gasteiger partial charge in [0, 0.05) is 29.8 Å². The Labute approximate surface area is 250 Å². The zero-order valence-corrected chi connectivity index (χ0v) is 24.6. The SMILES string of the molecule is Cc1ccc(-c2cc(C(F)(F)F)nn2-c2ccc(S(=O)(=O)NC(=O)OCC3CN(N=NOCOC(=O)C(C)C)C3)cc2)cc1. The van der Waals surface area contributed by atoms with Crippen LogP contribution in [0.3, 0.4) is 0 Å². The van der Waals surface area contributed by atoms with Crippen molar-refractivity contribution in [1.82, 2.24) is 19.5 Å². The van der Waals surface area contributed by atoms with Crippen molar-refractivity contribution in [3.8, 4) is 16.9 Å². The van der Waals surface area contributed by atoms with E-state index in [0.717, 1.165) is 28.4 Å². The fourth-order valence-corrected chi connectivity index (χ4v) is 4.77. The Hall–Kier alpha value is -4.67. The highest BCUT2D eigenvalue weighted by Crippen LogP contribution is 2.33. The molecule has 0 atom stereocenters. The van der Waals surface area contributed by atoms with E-state index in [4.69, 9.17) is 14.3 Å². The summed E-state index contributed by atoms with van der Waals surface area (Å²) in [7, 11) is -4.35. The molecular weight excluding hydrogens is 609 g/mol. The number of nitrogens with zero attached hydrogens (tertiary/aromatic N) is 5. The number of hydrogen-bond acceptors (Lipinski definition) is 10. The molecule has 236 valence electrons. The van der Waals surface area contributed by atoms with Gasteiger partial charge in [0.15, 0.2) is 5.69 Å². The van der Waals surface area contributed by atoms with Crippen LogP contribution in [0.15, 0.2) is 70.0 Å². The Morgan fingerprint density at radius 2 is 1.73 bits per heavy atom. The van der Waals surface area contributed by atoms with E-state index in [1.165, 1.54) is 17.1 Å². The second-order valence-corrected chi connectivity index (χ2v) is 11.8. The van der Waals surface area contributed by atoms with Crippen LogP contribution < -0.4 is 4.72 Å². The van der Waals surface area contributed by atoms with Crippen LogP contribution in [-0.4, -0.2) is 61.8 Å². The van der Waals surface area contributed by atoms with Gasteiger partial charge in [-0.1, -0.05) is 43.7 Å². The van der Waals surface area contributed by atoms with E-state index in [-0.39, 0.29) is 41.5 Å². The van der Waals surface area contributed by atoms with Crippen LogP contribution in [0.5, 0.6) is 0 Å². The largest absolute Gasteiger partial charge is 0.448 e. The first-order chi connectivity index (χ1) is 20.7. The van der Waals surface area contributed by atoms with Crippen molar-refractivity contribution in [2.45, 2.75) is 31.8 Å². The smallest absolute Gasteiger partial charge is 0.435 e. The van der Waals surface area contributed by atoms with Gasteiger partial charge in [-0.2, -0.15) is 18.3 Å². The van der Waals surface area contributed by atoms with Crippen molar-refractivity contribution in [2.24, 2.45) is 22.3 Å². The third kappa shape index (κ3) is 8.24. The Morgan fingerprint density at radius 3 is 2.34 bits per heavy atom. The van der Waals surface area contributed by atoms with Crippen LogP contribution in [0.4, 0.5) is 18.0 Å². The van der Waals surface area contributed by atoms with Crippen LogP contribution in [0.25, 0.3) is 16.9 Å². The fraction of sp³-hybridized carbons (Fsp3) is 0.370. The van der Waals surface area contributed by atoms with Gasteiger partial charge in [-0.05, 0) is 42.5 Å². The van der Waals surface area contributed by atoms with Gasteiger partial charge in [0.25, 0.3) is 16.8 Å². The summed E-state index contributed by atoms with van der Waals surface area (Å²) in [6.07, 6.45) is -5.90. The van der Waals surface area contributed by atoms with Crippen LogP contribution in [0, 0.1) is 18.8 Å². The lowest BCUT2D eigenvalue weighted by Gasteiger charge is -2.34. The molecule has 0 bridgehead atoms. The molecule has 13 nitrogen and oxygen atoms in total. The monoisotopic (exact) mass is 638 g/mol. The van der Waals surface area contributed by atoms with Crippen molar-refractivity contribution < 1.29 is 45.5 Å². The molecule has 2 heterocycles. The lowest BCUT2D eigenvalue weighted by Crippen LogP contribution is -2.46. The van der Waals surface area contributed by atoms with Crippen LogP contribution >= 0.6 is 0 Å². The van der Waals surface area contributed by atoms with E-state index in [2.05, 4.69) is 15.6 Å². The number of benzene rings is 2. The van der Waals surface area contributed by atoms with Gasteiger partial charge in [-0.25, -0.2) is 22.6 Å². The molecule has 1 aliphatic rings. The van der Waals surface area contributed by atoms with E-state index in [1.54, 1.807) is 42.8 Å². The second kappa shape index (κ2) is 13.3. The number of hydrogen-bond donors (Lipinski definition) is 1. The van der Waals surface area contributed by atoms with Crippen molar-refractivity contribution >= 4 is 22.1 Å². The minimum Gasteiger partial charge on any atom is -0.448 e. The van der Waals surface area contributed by atoms with Crippen LogP contribution in [-0.2, 0) is 35.3 Å². The first-order valence-corrected chi connectivity index (χ1v) is 14.7. The third-order valence-corrected chi connectivity index (χ3v) is 7.62. The average molecular weight is 639 g/mol. The summed E-state index contributed by atoms with van der Waals surface area (Å²) in [5, 5.41) is 12.4. The number of nitrogens with one attached hydrogen (secondary N) is 1. The standard InChI is InChI=1S/C27H29F3N6O7S/c1-17(2)25(37)42-16-43-34-33-35-13-19(14-35)15-41-26(38)32-44(39,40)22-10-8-21(9-11-22)36-23(12-24(31-36)27(28,29)30)20-6-4-18(3)5-7-20/h4-12,17,19H,13-16H2,1-3H3,(H,32,38). The lowest BCUT2D eigenvalue weighted by molar-refractivity contribution is -0.161. The number of sulfonamides is 1. The Kier molecular flexibility index (Phi) is 9.76. The number of rotatable bonds is 11. The van der Waals surface area contributed by atoms with Crippen molar-refractivity contribution in [1.29, 1.82) is 0 Å². The number of carbonyl (C=O) groups is 2. The molecule has 0 unspecified atom stereocenters. The molecule has 0 spiro atoms. The lowest BCUT2D eigenvalue weighted by atomic mass is 10.0. The van der Waals surface area contributed by atoms with E-state index < -0.39 is 34.0 Å². The van der Waals surface area contributed by atoms with Crippen molar-refractivity contribution in [3.05, 3.63) is 65.9 Å². The summed E-state index contributed by atoms with van der Waals surface area (Å²) in [6.45, 7) is 5.42. The Bertz CT molecular complexity index is 1600. The molecule has 17 heteroatoms. The maximum Gasteiger partial charge on any atom is 0.435 e. The van der Waals surface area contributed by atoms with Gasteiger partial charge in [-0.15, -0.1) is 0 Å². The van der Waals surface area contributed by atoms with Gasteiger partial charge < -0.3 is 14.3 Å². The minimum absolute atomic E-state index is 0.0954. The number of halogens is 3. The Balaban J connectivity index is 1.30. The van der Waals surface area contributed by atoms with E-state index in [0.29, 0.717) is 18.7 Å². The molecule has 0 radical (unpaired) electrons. The first kappa shape index (κ1) is 32.2. The molecule has 1 aliphatic heterocycles. The molecule has 3 aromatic rings.